The first-order valence-corrected chi connectivity index (χ1v) is 7.69. The maximum absolute atomic E-state index is 12.3. The van der Waals surface area contributed by atoms with Crippen molar-refractivity contribution >= 4 is 29.2 Å². The molecule has 2 N–H and O–H groups in total. The molecule has 25 heavy (non-hydrogen) atoms. The van der Waals surface area contributed by atoms with Crippen molar-refractivity contribution < 1.29 is 18.3 Å². The standard InChI is InChI=1S/C17H17F2N3O2S/c1-11-5-3-4-6-13(11)21-17(25)22-20-10-12-7-8-14(24-16(18)19)15(9-12)23-2/h3-10,16H,1-2H3,(H2,21,22,25)/b20-10-. The lowest BCUT2D eigenvalue weighted by atomic mass is 10.2. The lowest BCUT2D eigenvalue weighted by Crippen LogP contribution is -2.24. The van der Waals surface area contributed by atoms with Crippen molar-refractivity contribution in [3.63, 3.8) is 0 Å². The maximum Gasteiger partial charge on any atom is 0.387 e. The van der Waals surface area contributed by atoms with Gasteiger partial charge in [-0.3, -0.25) is 5.43 Å². The Bertz CT molecular complexity index is 769. The molecule has 0 saturated carbocycles. The molecule has 2 aromatic rings. The molecular weight excluding hydrogens is 348 g/mol. The van der Waals surface area contributed by atoms with Crippen LogP contribution in [0, 0.1) is 6.92 Å². The van der Waals surface area contributed by atoms with Crippen molar-refractivity contribution in [1.82, 2.24) is 5.43 Å². The Morgan fingerprint density at radius 2 is 1.96 bits per heavy atom. The molecule has 0 unspecified atom stereocenters. The van der Waals surface area contributed by atoms with Gasteiger partial charge in [0.05, 0.1) is 13.3 Å². The monoisotopic (exact) mass is 365 g/mol. The quantitative estimate of drug-likeness (QED) is 0.462. The molecule has 2 aromatic carbocycles. The normalized spacial score (nSPS) is 10.8. The second-order valence-electron chi connectivity index (χ2n) is 4.93. The average Bonchev–Trinajstić information content (AvgIpc) is 2.57. The van der Waals surface area contributed by atoms with Gasteiger partial charge in [-0.05, 0) is 54.5 Å². The molecule has 8 heteroatoms. The number of para-hydroxylation sites is 1. The van der Waals surface area contributed by atoms with Crippen LogP contribution in [-0.2, 0) is 0 Å². The minimum Gasteiger partial charge on any atom is -0.493 e. The van der Waals surface area contributed by atoms with E-state index >= 15 is 0 Å². The van der Waals surface area contributed by atoms with E-state index < -0.39 is 6.61 Å². The third-order valence-electron chi connectivity index (χ3n) is 3.18. The summed E-state index contributed by atoms with van der Waals surface area (Å²) in [4.78, 5) is 0. The van der Waals surface area contributed by atoms with Crippen LogP contribution in [0.1, 0.15) is 11.1 Å². The second-order valence-corrected chi connectivity index (χ2v) is 5.34. The zero-order valence-corrected chi connectivity index (χ0v) is 14.4. The van der Waals surface area contributed by atoms with E-state index in [2.05, 4.69) is 20.6 Å². The molecule has 0 aliphatic rings. The highest BCUT2D eigenvalue weighted by molar-refractivity contribution is 7.80. The van der Waals surface area contributed by atoms with Crippen molar-refractivity contribution in [3.8, 4) is 11.5 Å². The number of methoxy groups -OCH3 is 1. The average molecular weight is 365 g/mol. The fourth-order valence-corrected chi connectivity index (χ4v) is 2.15. The number of hydrogen-bond donors (Lipinski definition) is 2. The van der Waals surface area contributed by atoms with Gasteiger partial charge in [-0.1, -0.05) is 18.2 Å². The topological polar surface area (TPSA) is 54.9 Å². The molecular formula is C17H17F2N3O2S. The van der Waals surface area contributed by atoms with Gasteiger partial charge in [0.15, 0.2) is 16.6 Å². The van der Waals surface area contributed by atoms with Crippen LogP contribution in [0.25, 0.3) is 0 Å². The van der Waals surface area contributed by atoms with Gasteiger partial charge < -0.3 is 14.8 Å². The summed E-state index contributed by atoms with van der Waals surface area (Å²) >= 11 is 5.16. The first-order chi connectivity index (χ1) is 12.0. The van der Waals surface area contributed by atoms with Crippen LogP contribution in [0.3, 0.4) is 0 Å². The molecule has 0 fully saturated rings. The number of aryl methyl sites for hydroxylation is 1. The number of nitrogens with zero attached hydrogens (tertiary/aromatic N) is 1. The number of thiocarbonyl (C=S) groups is 1. The summed E-state index contributed by atoms with van der Waals surface area (Å²) in [6.07, 6.45) is 1.49. The molecule has 0 saturated heterocycles. The number of alkyl halides is 2. The van der Waals surface area contributed by atoms with Crippen molar-refractivity contribution in [2.75, 3.05) is 12.4 Å². The molecule has 0 aromatic heterocycles. The van der Waals surface area contributed by atoms with Crippen LogP contribution >= 0.6 is 12.2 Å². The van der Waals surface area contributed by atoms with Crippen LogP contribution in [0.5, 0.6) is 11.5 Å². The zero-order valence-electron chi connectivity index (χ0n) is 13.6. The molecule has 0 atom stereocenters. The summed E-state index contributed by atoms with van der Waals surface area (Å²) in [5.74, 6) is 0.143. The maximum atomic E-state index is 12.3. The summed E-state index contributed by atoms with van der Waals surface area (Å²) in [6, 6.07) is 12.2. The van der Waals surface area contributed by atoms with Crippen molar-refractivity contribution in [2.24, 2.45) is 5.10 Å². The molecule has 0 spiro atoms. The van der Waals surface area contributed by atoms with E-state index in [-0.39, 0.29) is 11.5 Å². The van der Waals surface area contributed by atoms with Gasteiger partial charge in [0.25, 0.3) is 0 Å². The third-order valence-corrected chi connectivity index (χ3v) is 3.37. The SMILES string of the molecule is COc1cc(/C=N\NC(=S)Nc2ccccc2C)ccc1OC(F)F. The molecule has 2 rings (SSSR count). The van der Waals surface area contributed by atoms with Gasteiger partial charge in [0.1, 0.15) is 0 Å². The van der Waals surface area contributed by atoms with Crippen LogP contribution in [0.15, 0.2) is 47.6 Å². The van der Waals surface area contributed by atoms with Gasteiger partial charge in [0, 0.05) is 5.69 Å². The van der Waals surface area contributed by atoms with Gasteiger partial charge in [0.2, 0.25) is 0 Å². The second kappa shape index (κ2) is 8.93. The van der Waals surface area contributed by atoms with E-state index in [1.807, 2.05) is 31.2 Å². The van der Waals surface area contributed by atoms with E-state index in [1.54, 1.807) is 6.07 Å². The van der Waals surface area contributed by atoms with Gasteiger partial charge >= 0.3 is 6.61 Å². The molecule has 0 amide bonds. The van der Waals surface area contributed by atoms with Gasteiger partial charge in [-0.2, -0.15) is 13.9 Å². The molecule has 0 aliphatic heterocycles. The van der Waals surface area contributed by atoms with Gasteiger partial charge in [-0.15, -0.1) is 0 Å². The molecule has 0 aliphatic carbocycles. The highest BCUT2D eigenvalue weighted by atomic mass is 32.1. The highest BCUT2D eigenvalue weighted by Gasteiger charge is 2.10. The Hall–Kier alpha value is -2.74. The minimum absolute atomic E-state index is 0.0423. The molecule has 5 nitrogen and oxygen atoms in total. The Morgan fingerprint density at radius 1 is 1.20 bits per heavy atom. The summed E-state index contributed by atoms with van der Waals surface area (Å²) in [6.45, 7) is -0.955. The fourth-order valence-electron chi connectivity index (χ4n) is 1.99. The number of hydrazone groups is 1. The number of halogens is 2. The van der Waals surface area contributed by atoms with Crippen LogP contribution in [-0.4, -0.2) is 25.0 Å². The summed E-state index contributed by atoms with van der Waals surface area (Å²) in [5.41, 5.74) is 5.25. The number of anilines is 1. The van der Waals surface area contributed by atoms with Crippen molar-refractivity contribution in [1.29, 1.82) is 0 Å². The largest absolute Gasteiger partial charge is 0.493 e. The molecule has 0 radical (unpaired) electrons. The smallest absolute Gasteiger partial charge is 0.387 e. The summed E-state index contributed by atoms with van der Waals surface area (Å²) in [5, 5.41) is 7.37. The first kappa shape index (κ1) is 18.6. The summed E-state index contributed by atoms with van der Waals surface area (Å²) in [7, 11) is 1.37. The predicted octanol–water partition coefficient (Wildman–Crippen LogP) is 3.93. The Balaban J connectivity index is 1.97. The lowest BCUT2D eigenvalue weighted by Gasteiger charge is -2.10. The number of hydrogen-bond acceptors (Lipinski definition) is 4. The van der Waals surface area contributed by atoms with E-state index in [0.29, 0.717) is 10.7 Å². The van der Waals surface area contributed by atoms with Crippen LogP contribution in [0.4, 0.5) is 14.5 Å². The number of ether oxygens (including phenoxy) is 2. The van der Waals surface area contributed by atoms with Crippen LogP contribution in [0.2, 0.25) is 0 Å². The molecule has 0 bridgehead atoms. The molecule has 132 valence electrons. The first-order valence-electron chi connectivity index (χ1n) is 7.28. The van der Waals surface area contributed by atoms with E-state index in [1.165, 1.54) is 25.5 Å². The minimum atomic E-state index is -2.92. The number of rotatable bonds is 6. The third kappa shape index (κ3) is 5.68. The van der Waals surface area contributed by atoms with Crippen LogP contribution < -0.4 is 20.2 Å². The predicted molar refractivity (Wildman–Crippen MR) is 97.8 cm³/mol. The Kier molecular flexibility index (Phi) is 6.64. The van der Waals surface area contributed by atoms with Gasteiger partial charge in [-0.25, -0.2) is 0 Å². The fraction of sp³-hybridized carbons (Fsp3) is 0.176. The van der Waals surface area contributed by atoms with E-state index in [9.17, 15) is 8.78 Å². The number of nitrogens with one attached hydrogen (secondary N) is 2. The lowest BCUT2D eigenvalue weighted by molar-refractivity contribution is -0.0512. The van der Waals surface area contributed by atoms with Crippen molar-refractivity contribution in [2.45, 2.75) is 13.5 Å². The Morgan fingerprint density at radius 3 is 2.64 bits per heavy atom. The highest BCUT2D eigenvalue weighted by Crippen LogP contribution is 2.28. The molecule has 0 heterocycles. The van der Waals surface area contributed by atoms with E-state index in [4.69, 9.17) is 17.0 Å². The zero-order chi connectivity index (χ0) is 18.2. The van der Waals surface area contributed by atoms with Crippen molar-refractivity contribution in [3.05, 3.63) is 53.6 Å². The summed E-state index contributed by atoms with van der Waals surface area (Å²) < 4.78 is 34.0. The Labute approximate surface area is 149 Å². The number of benzene rings is 2. The van der Waals surface area contributed by atoms with E-state index in [0.717, 1.165) is 11.3 Å².